The van der Waals surface area contributed by atoms with Crippen molar-refractivity contribution in [2.24, 2.45) is 0 Å². The van der Waals surface area contributed by atoms with E-state index in [1.54, 1.807) is 0 Å². The van der Waals surface area contributed by atoms with Crippen molar-refractivity contribution < 1.29 is 9.47 Å². The Morgan fingerprint density at radius 3 is 2.06 bits per heavy atom. The Labute approximate surface area is 116 Å². The van der Waals surface area contributed by atoms with E-state index in [0.717, 1.165) is 21.5 Å². The van der Waals surface area contributed by atoms with Gasteiger partial charge >= 0.3 is 0 Å². The molecule has 0 unspecified atom stereocenters. The van der Waals surface area contributed by atoms with Crippen molar-refractivity contribution >= 4 is 15.9 Å². The van der Waals surface area contributed by atoms with E-state index in [1.807, 2.05) is 55.5 Å². The monoisotopic (exact) mass is 306 g/mol. The number of rotatable bonds is 5. The van der Waals surface area contributed by atoms with E-state index in [0.29, 0.717) is 13.2 Å². The van der Waals surface area contributed by atoms with Gasteiger partial charge in [-0.05, 0) is 46.6 Å². The molecule has 0 aliphatic heterocycles. The standard InChI is InChI=1S/C15H15BrO2/c1-12-6-2-4-8-14(12)17-10-11-18-15-9-5-3-7-13(15)16/h2-9H,10-11H2,1H3. The summed E-state index contributed by atoms with van der Waals surface area (Å²) in [5.74, 6) is 1.75. The van der Waals surface area contributed by atoms with Crippen LogP contribution in [0.3, 0.4) is 0 Å². The number of benzene rings is 2. The number of hydrogen-bond donors (Lipinski definition) is 0. The van der Waals surface area contributed by atoms with Gasteiger partial charge in [-0.3, -0.25) is 0 Å². The Kier molecular flexibility index (Phi) is 4.65. The second-order valence-corrected chi connectivity index (χ2v) is 4.75. The van der Waals surface area contributed by atoms with Gasteiger partial charge in [0.25, 0.3) is 0 Å². The normalized spacial score (nSPS) is 10.1. The molecule has 0 atom stereocenters. The highest BCUT2D eigenvalue weighted by Gasteiger charge is 2.00. The van der Waals surface area contributed by atoms with Crippen LogP contribution in [0, 0.1) is 6.92 Å². The molecule has 2 rings (SSSR count). The number of para-hydroxylation sites is 2. The van der Waals surface area contributed by atoms with Crippen LogP contribution in [-0.2, 0) is 0 Å². The van der Waals surface area contributed by atoms with Crippen molar-refractivity contribution in [3.8, 4) is 11.5 Å². The van der Waals surface area contributed by atoms with Gasteiger partial charge in [0.15, 0.2) is 0 Å². The summed E-state index contributed by atoms with van der Waals surface area (Å²) in [6, 6.07) is 15.8. The van der Waals surface area contributed by atoms with E-state index in [-0.39, 0.29) is 0 Å². The Morgan fingerprint density at radius 1 is 0.833 bits per heavy atom. The van der Waals surface area contributed by atoms with Gasteiger partial charge in [0.2, 0.25) is 0 Å². The maximum Gasteiger partial charge on any atom is 0.133 e. The SMILES string of the molecule is Cc1ccccc1OCCOc1ccccc1Br. The molecule has 0 heterocycles. The summed E-state index contributed by atoms with van der Waals surface area (Å²) in [6.07, 6.45) is 0. The van der Waals surface area contributed by atoms with Crippen molar-refractivity contribution in [3.63, 3.8) is 0 Å². The molecule has 0 amide bonds. The van der Waals surface area contributed by atoms with Crippen molar-refractivity contribution in [1.29, 1.82) is 0 Å². The van der Waals surface area contributed by atoms with Crippen molar-refractivity contribution in [3.05, 3.63) is 58.6 Å². The average molecular weight is 307 g/mol. The van der Waals surface area contributed by atoms with Gasteiger partial charge in [-0.25, -0.2) is 0 Å². The Hall–Kier alpha value is -1.48. The van der Waals surface area contributed by atoms with Gasteiger partial charge in [-0.15, -0.1) is 0 Å². The lowest BCUT2D eigenvalue weighted by Crippen LogP contribution is -2.09. The van der Waals surface area contributed by atoms with Gasteiger partial charge in [0, 0.05) is 0 Å². The van der Waals surface area contributed by atoms with Crippen molar-refractivity contribution in [2.75, 3.05) is 13.2 Å². The topological polar surface area (TPSA) is 18.5 Å². The Morgan fingerprint density at radius 2 is 1.39 bits per heavy atom. The molecule has 2 aromatic rings. The predicted molar refractivity (Wildman–Crippen MR) is 76.3 cm³/mol. The first-order valence-electron chi connectivity index (χ1n) is 5.83. The molecule has 18 heavy (non-hydrogen) atoms. The lowest BCUT2D eigenvalue weighted by atomic mass is 10.2. The molecule has 0 aromatic heterocycles. The molecule has 0 saturated carbocycles. The molecular formula is C15H15BrO2. The summed E-state index contributed by atoms with van der Waals surface area (Å²) in [6.45, 7) is 3.09. The van der Waals surface area contributed by atoms with Crippen LogP contribution in [0.15, 0.2) is 53.0 Å². The number of hydrogen-bond acceptors (Lipinski definition) is 2. The molecule has 2 nitrogen and oxygen atoms in total. The second-order valence-electron chi connectivity index (χ2n) is 3.89. The largest absolute Gasteiger partial charge is 0.490 e. The summed E-state index contributed by atoms with van der Waals surface area (Å²) < 4.78 is 12.2. The average Bonchev–Trinajstić information content (AvgIpc) is 2.38. The minimum atomic E-state index is 0.525. The molecule has 3 heteroatoms. The van der Waals surface area contributed by atoms with E-state index < -0.39 is 0 Å². The van der Waals surface area contributed by atoms with Crippen molar-refractivity contribution in [2.45, 2.75) is 6.92 Å². The fourth-order valence-corrected chi connectivity index (χ4v) is 1.98. The van der Waals surface area contributed by atoms with Gasteiger partial charge < -0.3 is 9.47 Å². The van der Waals surface area contributed by atoms with Gasteiger partial charge in [0.05, 0.1) is 4.47 Å². The van der Waals surface area contributed by atoms with Crippen LogP contribution in [0.5, 0.6) is 11.5 Å². The fourth-order valence-electron chi connectivity index (χ4n) is 1.58. The predicted octanol–water partition coefficient (Wildman–Crippen LogP) is 4.22. The zero-order chi connectivity index (χ0) is 12.8. The number of aryl methyl sites for hydroxylation is 1. The molecule has 0 N–H and O–H groups in total. The smallest absolute Gasteiger partial charge is 0.133 e. The van der Waals surface area contributed by atoms with Crippen LogP contribution in [0.4, 0.5) is 0 Å². The molecule has 0 aliphatic carbocycles. The van der Waals surface area contributed by atoms with E-state index in [2.05, 4.69) is 15.9 Å². The van der Waals surface area contributed by atoms with Gasteiger partial charge in [-0.1, -0.05) is 30.3 Å². The van der Waals surface area contributed by atoms with E-state index >= 15 is 0 Å². The van der Waals surface area contributed by atoms with Crippen molar-refractivity contribution in [1.82, 2.24) is 0 Å². The molecule has 0 saturated heterocycles. The molecule has 0 spiro atoms. The highest BCUT2D eigenvalue weighted by atomic mass is 79.9. The second kappa shape index (κ2) is 6.45. The first-order valence-corrected chi connectivity index (χ1v) is 6.62. The lowest BCUT2D eigenvalue weighted by Gasteiger charge is -2.10. The third-order valence-electron chi connectivity index (χ3n) is 2.53. The number of ether oxygens (including phenoxy) is 2. The van der Waals surface area contributed by atoms with E-state index in [4.69, 9.17) is 9.47 Å². The molecule has 0 aliphatic rings. The van der Waals surface area contributed by atoms with Crippen LogP contribution in [0.25, 0.3) is 0 Å². The van der Waals surface area contributed by atoms with Crippen LogP contribution < -0.4 is 9.47 Å². The van der Waals surface area contributed by atoms with Gasteiger partial charge in [0.1, 0.15) is 24.7 Å². The number of halogens is 1. The van der Waals surface area contributed by atoms with Crippen LogP contribution in [0.2, 0.25) is 0 Å². The molecule has 0 fully saturated rings. The van der Waals surface area contributed by atoms with Crippen LogP contribution in [0.1, 0.15) is 5.56 Å². The highest BCUT2D eigenvalue weighted by Crippen LogP contribution is 2.23. The summed E-state index contributed by atoms with van der Waals surface area (Å²) in [5, 5.41) is 0. The Bertz CT molecular complexity index is 464. The minimum absolute atomic E-state index is 0.525. The maximum absolute atomic E-state index is 5.66. The molecule has 2 aromatic carbocycles. The van der Waals surface area contributed by atoms with E-state index in [9.17, 15) is 0 Å². The fraction of sp³-hybridized carbons (Fsp3) is 0.200. The Balaban J connectivity index is 1.80. The highest BCUT2D eigenvalue weighted by molar-refractivity contribution is 9.10. The molecule has 94 valence electrons. The first kappa shape index (κ1) is 13.0. The summed E-state index contributed by atoms with van der Waals surface area (Å²) in [4.78, 5) is 0. The quantitative estimate of drug-likeness (QED) is 0.770. The molecular weight excluding hydrogens is 292 g/mol. The first-order chi connectivity index (χ1) is 8.77. The minimum Gasteiger partial charge on any atom is -0.490 e. The maximum atomic E-state index is 5.66. The summed E-state index contributed by atoms with van der Waals surface area (Å²) >= 11 is 3.44. The van der Waals surface area contributed by atoms with Gasteiger partial charge in [-0.2, -0.15) is 0 Å². The van der Waals surface area contributed by atoms with Crippen LogP contribution in [-0.4, -0.2) is 13.2 Å². The third-order valence-corrected chi connectivity index (χ3v) is 3.18. The zero-order valence-corrected chi connectivity index (χ0v) is 11.8. The molecule has 0 bridgehead atoms. The molecule has 0 radical (unpaired) electrons. The summed E-state index contributed by atoms with van der Waals surface area (Å²) in [5.41, 5.74) is 1.14. The lowest BCUT2D eigenvalue weighted by molar-refractivity contribution is 0.215. The third kappa shape index (κ3) is 3.50. The zero-order valence-electron chi connectivity index (χ0n) is 10.2. The van der Waals surface area contributed by atoms with E-state index in [1.165, 1.54) is 0 Å². The van der Waals surface area contributed by atoms with Crippen LogP contribution >= 0.6 is 15.9 Å². The summed E-state index contributed by atoms with van der Waals surface area (Å²) in [7, 11) is 0.